The lowest BCUT2D eigenvalue weighted by Crippen LogP contribution is -2.27. The number of allylic oxidation sites excluding steroid dienone is 4. The van der Waals surface area contributed by atoms with Crippen molar-refractivity contribution in [1.29, 1.82) is 0 Å². The Balaban J connectivity index is 2.16. The highest BCUT2D eigenvalue weighted by Crippen LogP contribution is 2.25. The van der Waals surface area contributed by atoms with Crippen molar-refractivity contribution in [2.75, 3.05) is 0 Å². The zero-order valence-electron chi connectivity index (χ0n) is 10.3. The average molecular weight is 246 g/mol. The molecule has 1 aliphatic rings. The monoisotopic (exact) mass is 246 g/mol. The minimum Gasteiger partial charge on any atom is -0.397 e. The summed E-state index contributed by atoms with van der Waals surface area (Å²) in [7, 11) is 0. The smallest absolute Gasteiger partial charge is 0.379 e. The average Bonchev–Trinajstić information content (AvgIpc) is 2.76. The van der Waals surface area contributed by atoms with E-state index in [-0.39, 0.29) is 0 Å². The molecule has 4 rings (SSSR count). The molecule has 0 aliphatic carbocycles. The lowest BCUT2D eigenvalue weighted by Gasteiger charge is -1.94. The topological polar surface area (TPSA) is 17.0 Å². The molecule has 2 aromatic carbocycles. The van der Waals surface area contributed by atoms with E-state index in [0.29, 0.717) is 0 Å². The number of rotatable bonds is 0. The number of benzene rings is 2. The molecule has 2 nitrogen and oxygen atoms in total. The zero-order valence-corrected chi connectivity index (χ0v) is 10.3. The fraction of sp³-hybridized carbons (Fsp3) is 0. The molecular weight excluding hydrogens is 234 g/mol. The van der Waals surface area contributed by atoms with Gasteiger partial charge < -0.3 is 4.42 Å². The number of oxazole rings is 1. The van der Waals surface area contributed by atoms with Crippen molar-refractivity contribution < 1.29 is 8.98 Å². The van der Waals surface area contributed by atoms with Crippen LogP contribution in [0.25, 0.3) is 34.1 Å². The predicted molar refractivity (Wildman–Crippen MR) is 77.4 cm³/mol. The fourth-order valence-corrected chi connectivity index (χ4v) is 2.47. The number of hydrogen-bond donors (Lipinski definition) is 0. The van der Waals surface area contributed by atoms with E-state index >= 15 is 0 Å². The first kappa shape index (κ1) is 10.3. The highest BCUT2D eigenvalue weighted by molar-refractivity contribution is 6.02. The summed E-state index contributed by atoms with van der Waals surface area (Å²) in [5.41, 5.74) is 2.02. The molecule has 0 bridgehead atoms. The van der Waals surface area contributed by atoms with Crippen LogP contribution in [0.15, 0.2) is 65.1 Å². The highest BCUT2D eigenvalue weighted by atomic mass is 16.4. The first-order chi connectivity index (χ1) is 9.43. The van der Waals surface area contributed by atoms with Crippen LogP contribution < -0.4 is 4.57 Å². The molecule has 0 radical (unpaired) electrons. The summed E-state index contributed by atoms with van der Waals surface area (Å²) in [5, 5.41) is 2.34. The summed E-state index contributed by atoms with van der Waals surface area (Å²) < 4.78 is 8.10. The maximum Gasteiger partial charge on any atom is 0.379 e. The van der Waals surface area contributed by atoms with Gasteiger partial charge in [-0.25, -0.2) is 0 Å². The molecule has 1 aliphatic heterocycles. The first-order valence-electron chi connectivity index (χ1n) is 6.31. The summed E-state index contributed by atoms with van der Waals surface area (Å²) >= 11 is 0. The van der Waals surface area contributed by atoms with Gasteiger partial charge in [0.2, 0.25) is 5.58 Å². The molecule has 0 saturated carbocycles. The number of aromatic nitrogens is 1. The van der Waals surface area contributed by atoms with Gasteiger partial charge in [-0.2, -0.15) is 0 Å². The summed E-state index contributed by atoms with van der Waals surface area (Å²) in [4.78, 5) is 0. The van der Waals surface area contributed by atoms with E-state index in [1.165, 1.54) is 5.39 Å². The van der Waals surface area contributed by atoms with E-state index in [0.717, 1.165) is 22.4 Å². The van der Waals surface area contributed by atoms with E-state index in [1.807, 2.05) is 48.7 Å². The molecule has 0 fully saturated rings. The molecular formula is C17H12NO+. The van der Waals surface area contributed by atoms with Crippen LogP contribution in [0.5, 0.6) is 0 Å². The largest absolute Gasteiger partial charge is 0.397 e. The predicted octanol–water partition coefficient (Wildman–Crippen LogP) is 3.93. The van der Waals surface area contributed by atoms with Crippen LogP contribution >= 0.6 is 0 Å². The lowest BCUT2D eigenvalue weighted by molar-refractivity contribution is -0.547. The van der Waals surface area contributed by atoms with Crippen molar-refractivity contribution in [3.05, 3.63) is 66.6 Å². The third kappa shape index (κ3) is 1.54. The van der Waals surface area contributed by atoms with Crippen molar-refractivity contribution >= 4 is 34.1 Å². The van der Waals surface area contributed by atoms with E-state index in [2.05, 4.69) is 28.8 Å². The molecule has 0 N–H and O–H groups in total. The maximum absolute atomic E-state index is 6.03. The zero-order chi connectivity index (χ0) is 12.7. The van der Waals surface area contributed by atoms with Crippen molar-refractivity contribution in [3.63, 3.8) is 0 Å². The summed E-state index contributed by atoms with van der Waals surface area (Å²) in [6, 6.07) is 12.5. The van der Waals surface area contributed by atoms with Crippen LogP contribution in [0.1, 0.15) is 5.89 Å². The quantitative estimate of drug-likeness (QED) is 0.549. The summed E-state index contributed by atoms with van der Waals surface area (Å²) in [6.07, 6.45) is 12.0. The van der Waals surface area contributed by atoms with E-state index < -0.39 is 0 Å². The van der Waals surface area contributed by atoms with Gasteiger partial charge in [0, 0.05) is 17.5 Å². The Kier molecular flexibility index (Phi) is 2.15. The van der Waals surface area contributed by atoms with Crippen LogP contribution in [-0.4, -0.2) is 0 Å². The third-order valence-electron chi connectivity index (χ3n) is 3.37. The molecule has 1 aromatic heterocycles. The van der Waals surface area contributed by atoms with Crippen molar-refractivity contribution in [3.8, 4) is 0 Å². The maximum atomic E-state index is 6.03. The second kappa shape index (κ2) is 3.95. The molecule has 0 atom stereocenters. The number of nitrogens with zero attached hydrogens (tertiary/aromatic N) is 1. The van der Waals surface area contributed by atoms with Gasteiger partial charge in [0.15, 0.2) is 6.20 Å². The number of fused-ring (bicyclic) bond motifs is 5. The number of hydrogen-bond acceptors (Lipinski definition) is 1. The Hall–Kier alpha value is -2.61. The van der Waals surface area contributed by atoms with Crippen LogP contribution in [0.4, 0.5) is 0 Å². The minimum atomic E-state index is 0.840. The van der Waals surface area contributed by atoms with Gasteiger partial charge in [-0.05, 0) is 11.5 Å². The Bertz CT molecular complexity index is 865. The third-order valence-corrected chi connectivity index (χ3v) is 3.37. The van der Waals surface area contributed by atoms with Crippen molar-refractivity contribution in [2.45, 2.75) is 0 Å². The van der Waals surface area contributed by atoms with Gasteiger partial charge in [-0.15, -0.1) is 4.57 Å². The lowest BCUT2D eigenvalue weighted by atomic mass is 10.1. The first-order valence-corrected chi connectivity index (χ1v) is 6.31. The summed E-state index contributed by atoms with van der Waals surface area (Å²) in [6.45, 7) is 0. The van der Waals surface area contributed by atoms with Crippen molar-refractivity contribution in [1.82, 2.24) is 0 Å². The van der Waals surface area contributed by atoms with Crippen molar-refractivity contribution in [2.24, 2.45) is 0 Å². The molecule has 19 heavy (non-hydrogen) atoms. The Morgan fingerprint density at radius 2 is 1.74 bits per heavy atom. The van der Waals surface area contributed by atoms with Crippen LogP contribution in [-0.2, 0) is 0 Å². The molecule has 0 spiro atoms. The molecule has 3 aromatic rings. The SMILES string of the molecule is C1=CC=C[n+]2c(oc3c4ccccc4ccc32)C=C1. The molecule has 90 valence electrons. The van der Waals surface area contributed by atoms with Gasteiger partial charge in [0.25, 0.3) is 5.52 Å². The van der Waals surface area contributed by atoms with Gasteiger partial charge in [-0.1, -0.05) is 42.5 Å². The van der Waals surface area contributed by atoms with Gasteiger partial charge in [-0.3, -0.25) is 0 Å². The normalized spacial score (nSPS) is 13.7. The Morgan fingerprint density at radius 3 is 2.74 bits per heavy atom. The second-order valence-electron chi connectivity index (χ2n) is 4.53. The standard InChI is InChI=1S/C17H12NO/c1-2-6-12-18-15-11-10-13-7-4-5-8-14(13)17(15)19-16(18)9-3-1/h1-12H/q+1. The molecule has 0 saturated heterocycles. The molecule has 0 unspecified atom stereocenters. The van der Waals surface area contributed by atoms with E-state index in [4.69, 9.17) is 4.42 Å². The molecule has 2 heterocycles. The molecule has 0 amide bonds. The van der Waals surface area contributed by atoms with Crippen LogP contribution in [0.2, 0.25) is 0 Å². The van der Waals surface area contributed by atoms with Gasteiger partial charge in [0.1, 0.15) is 0 Å². The Labute approximate surface area is 110 Å². The fourth-order valence-electron chi connectivity index (χ4n) is 2.47. The van der Waals surface area contributed by atoms with Gasteiger partial charge >= 0.3 is 5.89 Å². The van der Waals surface area contributed by atoms with Crippen LogP contribution in [0.3, 0.4) is 0 Å². The second-order valence-corrected chi connectivity index (χ2v) is 4.53. The van der Waals surface area contributed by atoms with Crippen LogP contribution in [0, 0.1) is 0 Å². The highest BCUT2D eigenvalue weighted by Gasteiger charge is 2.20. The Morgan fingerprint density at radius 1 is 0.842 bits per heavy atom. The summed E-state index contributed by atoms with van der Waals surface area (Å²) in [5.74, 6) is 0.840. The molecule has 2 heteroatoms. The van der Waals surface area contributed by atoms with E-state index in [9.17, 15) is 0 Å². The minimum absolute atomic E-state index is 0.840. The van der Waals surface area contributed by atoms with E-state index in [1.54, 1.807) is 0 Å². The van der Waals surface area contributed by atoms with Gasteiger partial charge in [0.05, 0.1) is 6.08 Å².